The van der Waals surface area contributed by atoms with Crippen molar-refractivity contribution in [2.24, 2.45) is 0 Å². The lowest BCUT2D eigenvalue weighted by molar-refractivity contribution is -0.118. The van der Waals surface area contributed by atoms with Crippen molar-refractivity contribution in [2.75, 3.05) is 5.32 Å². The van der Waals surface area contributed by atoms with Crippen LogP contribution in [0.1, 0.15) is 41.6 Å². The van der Waals surface area contributed by atoms with Crippen LogP contribution in [-0.2, 0) is 17.1 Å². The first-order valence-corrected chi connectivity index (χ1v) is 9.25. The molecule has 0 unspecified atom stereocenters. The minimum absolute atomic E-state index is 0.0895. The Morgan fingerprint density at radius 2 is 2.10 bits per heavy atom. The SMILES string of the molecule is CCC(F)(F)c1ccc2[nH]c(C(=O)N[C@H]3CCc4cc(F)cc(F)c4NC3=O)nn12. The minimum Gasteiger partial charge on any atom is -0.337 e. The van der Waals surface area contributed by atoms with Crippen LogP contribution in [0.25, 0.3) is 5.65 Å². The highest BCUT2D eigenvalue weighted by Crippen LogP contribution is 2.32. The number of hydrogen-bond acceptors (Lipinski definition) is 3. The Kier molecular flexibility index (Phi) is 4.75. The number of nitrogens with one attached hydrogen (secondary N) is 3. The van der Waals surface area contributed by atoms with Crippen LogP contribution < -0.4 is 10.6 Å². The standard InChI is InChI=1S/C19H17F4N5O2/c1-2-19(22,23)13-5-6-14-25-16(27-28(13)14)18(30)24-12-4-3-9-7-10(20)8-11(21)15(9)26-17(12)29/h5-8,12H,2-4H2,1H3,(H,24,30)(H,25,27)(H,26,29)/t12-/m0/s1. The molecule has 0 fully saturated rings. The molecule has 3 N–H and O–H groups in total. The van der Waals surface area contributed by atoms with Gasteiger partial charge in [0.05, 0.1) is 5.69 Å². The molecule has 2 amide bonds. The zero-order valence-corrected chi connectivity index (χ0v) is 15.7. The number of hydrogen-bond donors (Lipinski definition) is 3. The van der Waals surface area contributed by atoms with E-state index in [1.165, 1.54) is 19.1 Å². The average molecular weight is 423 g/mol. The fourth-order valence-corrected chi connectivity index (χ4v) is 3.41. The number of fused-ring (bicyclic) bond motifs is 2. The molecule has 1 atom stereocenters. The third-order valence-electron chi connectivity index (χ3n) is 5.04. The van der Waals surface area contributed by atoms with Crippen molar-refractivity contribution >= 4 is 23.1 Å². The van der Waals surface area contributed by atoms with Crippen molar-refractivity contribution in [2.45, 2.75) is 38.2 Å². The number of H-pyrrole nitrogens is 1. The highest BCUT2D eigenvalue weighted by molar-refractivity contribution is 6.00. The third-order valence-corrected chi connectivity index (χ3v) is 5.04. The second-order valence-corrected chi connectivity index (χ2v) is 7.02. The molecule has 1 aromatic carbocycles. The highest BCUT2D eigenvalue weighted by atomic mass is 19.3. The summed E-state index contributed by atoms with van der Waals surface area (Å²) >= 11 is 0. The molecule has 0 bridgehead atoms. The van der Waals surface area contributed by atoms with Gasteiger partial charge in [-0.15, -0.1) is 5.10 Å². The van der Waals surface area contributed by atoms with Crippen LogP contribution in [0.4, 0.5) is 23.2 Å². The van der Waals surface area contributed by atoms with Crippen LogP contribution in [0.3, 0.4) is 0 Å². The van der Waals surface area contributed by atoms with Crippen molar-refractivity contribution in [3.8, 4) is 0 Å². The predicted molar refractivity (Wildman–Crippen MR) is 98.3 cm³/mol. The molecule has 3 aromatic rings. The first-order valence-electron chi connectivity index (χ1n) is 9.25. The van der Waals surface area contributed by atoms with E-state index in [2.05, 4.69) is 20.7 Å². The molecule has 3 heterocycles. The minimum atomic E-state index is -3.12. The quantitative estimate of drug-likeness (QED) is 0.563. The maximum atomic E-state index is 14.0. The Morgan fingerprint density at radius 3 is 2.83 bits per heavy atom. The highest BCUT2D eigenvalue weighted by Gasteiger charge is 2.34. The van der Waals surface area contributed by atoms with Gasteiger partial charge in [-0.1, -0.05) is 6.92 Å². The molecule has 1 aliphatic heterocycles. The fraction of sp³-hybridized carbons (Fsp3) is 0.316. The van der Waals surface area contributed by atoms with Gasteiger partial charge < -0.3 is 15.6 Å². The van der Waals surface area contributed by atoms with E-state index < -0.39 is 41.8 Å². The topological polar surface area (TPSA) is 91.3 Å². The largest absolute Gasteiger partial charge is 0.337 e. The molecule has 0 spiro atoms. The van der Waals surface area contributed by atoms with Gasteiger partial charge in [0.25, 0.3) is 11.8 Å². The van der Waals surface area contributed by atoms with E-state index in [4.69, 9.17) is 0 Å². The van der Waals surface area contributed by atoms with Gasteiger partial charge in [0, 0.05) is 12.5 Å². The Hall–Kier alpha value is -3.37. The van der Waals surface area contributed by atoms with Crippen LogP contribution in [0.15, 0.2) is 24.3 Å². The summed E-state index contributed by atoms with van der Waals surface area (Å²) in [6.45, 7) is 1.33. The Labute approximate surface area is 167 Å². The smallest absolute Gasteiger partial charge is 0.289 e. The summed E-state index contributed by atoms with van der Waals surface area (Å²) in [6, 6.07) is 3.32. The van der Waals surface area contributed by atoms with Gasteiger partial charge in [0.15, 0.2) is 0 Å². The lowest BCUT2D eigenvalue weighted by Gasteiger charge is -2.14. The van der Waals surface area contributed by atoms with Crippen molar-refractivity contribution < 1.29 is 27.2 Å². The number of aryl methyl sites for hydroxylation is 1. The van der Waals surface area contributed by atoms with E-state index in [9.17, 15) is 27.2 Å². The summed E-state index contributed by atoms with van der Waals surface area (Å²) in [5.74, 6) is -6.52. The molecule has 1 aliphatic rings. The van der Waals surface area contributed by atoms with Gasteiger partial charge in [0.2, 0.25) is 11.7 Å². The maximum absolute atomic E-state index is 14.0. The second kappa shape index (κ2) is 7.15. The number of benzene rings is 1. The number of nitrogens with zero attached hydrogens (tertiary/aromatic N) is 2. The Morgan fingerprint density at radius 1 is 1.33 bits per heavy atom. The molecule has 2 aromatic heterocycles. The van der Waals surface area contributed by atoms with Gasteiger partial charge in [0.1, 0.15) is 29.0 Å². The van der Waals surface area contributed by atoms with E-state index >= 15 is 0 Å². The maximum Gasteiger partial charge on any atom is 0.289 e. The molecule has 0 aliphatic carbocycles. The van der Waals surface area contributed by atoms with Crippen molar-refractivity contribution in [1.29, 1.82) is 0 Å². The average Bonchev–Trinajstić information content (AvgIpc) is 3.23. The summed E-state index contributed by atoms with van der Waals surface area (Å²) in [6.07, 6.45) is -0.208. The monoisotopic (exact) mass is 423 g/mol. The number of rotatable bonds is 4. The first-order chi connectivity index (χ1) is 14.2. The van der Waals surface area contributed by atoms with Crippen LogP contribution >= 0.6 is 0 Å². The molecule has 11 heteroatoms. The molecular formula is C19H17F4N5O2. The fourth-order valence-electron chi connectivity index (χ4n) is 3.41. The van der Waals surface area contributed by atoms with E-state index in [0.29, 0.717) is 6.07 Å². The zero-order valence-electron chi connectivity index (χ0n) is 15.7. The number of amides is 2. The van der Waals surface area contributed by atoms with Gasteiger partial charge in [-0.05, 0) is 36.6 Å². The molecule has 0 radical (unpaired) electrons. The molecule has 7 nitrogen and oxygen atoms in total. The van der Waals surface area contributed by atoms with Crippen LogP contribution in [0.5, 0.6) is 0 Å². The number of aromatic nitrogens is 3. The van der Waals surface area contributed by atoms with Gasteiger partial charge in [-0.25, -0.2) is 13.3 Å². The Balaban J connectivity index is 1.54. The molecule has 158 valence electrons. The number of aromatic amines is 1. The molecule has 4 rings (SSSR count). The van der Waals surface area contributed by atoms with Crippen LogP contribution in [0, 0.1) is 11.6 Å². The zero-order chi connectivity index (χ0) is 21.6. The lowest BCUT2D eigenvalue weighted by atomic mass is 10.1. The number of anilines is 1. The van der Waals surface area contributed by atoms with Gasteiger partial charge in [-0.2, -0.15) is 8.78 Å². The molecule has 30 heavy (non-hydrogen) atoms. The number of carbonyl (C=O) groups excluding carboxylic acids is 2. The first kappa shape index (κ1) is 19.9. The third kappa shape index (κ3) is 3.40. The van der Waals surface area contributed by atoms with Gasteiger partial charge in [-0.3, -0.25) is 9.59 Å². The van der Waals surface area contributed by atoms with Crippen molar-refractivity contribution in [3.05, 3.63) is 53.0 Å². The van der Waals surface area contributed by atoms with Gasteiger partial charge >= 0.3 is 0 Å². The Bertz CT molecular complexity index is 1150. The van der Waals surface area contributed by atoms with E-state index in [1.807, 2.05) is 0 Å². The summed E-state index contributed by atoms with van der Waals surface area (Å²) < 4.78 is 56.4. The van der Waals surface area contributed by atoms with Crippen molar-refractivity contribution in [3.63, 3.8) is 0 Å². The predicted octanol–water partition coefficient (Wildman–Crippen LogP) is 3.13. The number of alkyl halides is 2. The van der Waals surface area contributed by atoms with Crippen LogP contribution in [-0.4, -0.2) is 32.5 Å². The number of carbonyl (C=O) groups is 2. The summed E-state index contributed by atoms with van der Waals surface area (Å²) in [7, 11) is 0. The van der Waals surface area contributed by atoms with Crippen LogP contribution in [0.2, 0.25) is 0 Å². The second-order valence-electron chi connectivity index (χ2n) is 7.02. The summed E-state index contributed by atoms with van der Waals surface area (Å²) in [4.78, 5) is 27.6. The van der Waals surface area contributed by atoms with E-state index in [1.54, 1.807) is 0 Å². The van der Waals surface area contributed by atoms with E-state index in [-0.39, 0.29) is 41.3 Å². The summed E-state index contributed by atoms with van der Waals surface area (Å²) in [5, 5.41) is 8.70. The summed E-state index contributed by atoms with van der Waals surface area (Å²) in [5.41, 5.74) is -0.0258. The van der Waals surface area contributed by atoms with Crippen molar-refractivity contribution in [1.82, 2.24) is 19.9 Å². The molecular weight excluding hydrogens is 406 g/mol. The normalized spacial score (nSPS) is 16.8. The molecule has 0 saturated heterocycles. The molecule has 0 saturated carbocycles. The van der Waals surface area contributed by atoms with E-state index in [0.717, 1.165) is 10.6 Å². The lowest BCUT2D eigenvalue weighted by Crippen LogP contribution is -2.43. The number of halogens is 4.